The van der Waals surface area contributed by atoms with Crippen LogP contribution in [0.1, 0.15) is 37.2 Å². The van der Waals surface area contributed by atoms with E-state index in [1.807, 2.05) is 6.07 Å². The van der Waals surface area contributed by atoms with Gasteiger partial charge in [0.25, 0.3) is 0 Å². The van der Waals surface area contributed by atoms with E-state index in [-0.39, 0.29) is 6.10 Å². The highest BCUT2D eigenvalue weighted by Crippen LogP contribution is 2.27. The molecule has 1 unspecified atom stereocenters. The number of aliphatic hydroxyl groups is 1. The predicted octanol–water partition coefficient (Wildman–Crippen LogP) is 2.73. The highest BCUT2D eigenvalue weighted by molar-refractivity contribution is 5.43. The van der Waals surface area contributed by atoms with Crippen LogP contribution in [0.25, 0.3) is 0 Å². The summed E-state index contributed by atoms with van der Waals surface area (Å²) in [6, 6.07) is 12.8. The number of aromatic nitrogens is 2. The van der Waals surface area contributed by atoms with E-state index in [2.05, 4.69) is 55.4 Å². The van der Waals surface area contributed by atoms with Crippen molar-refractivity contribution in [2.45, 2.75) is 37.7 Å². The summed E-state index contributed by atoms with van der Waals surface area (Å²) in [5.74, 6) is 2.28. The Balaban J connectivity index is 1.22. The SMILES string of the molecule is OC1CCCN(c2ccnc(NCCN3CCC(c4ccccc4)CC3)n2)C1. The maximum atomic E-state index is 9.88. The van der Waals surface area contributed by atoms with Crippen molar-refractivity contribution in [2.24, 2.45) is 0 Å². The summed E-state index contributed by atoms with van der Waals surface area (Å²) < 4.78 is 0. The Hall–Kier alpha value is -2.18. The van der Waals surface area contributed by atoms with Crippen molar-refractivity contribution < 1.29 is 5.11 Å². The standard InChI is InChI=1S/C22H31N5O/c28-20-7-4-13-27(17-20)21-8-11-23-22(25-21)24-12-16-26-14-9-19(10-15-26)18-5-2-1-3-6-18/h1-3,5-6,8,11,19-20,28H,4,7,9-10,12-17H2,(H,23,24,25). The molecule has 150 valence electrons. The average molecular weight is 382 g/mol. The van der Waals surface area contributed by atoms with Crippen LogP contribution in [-0.4, -0.2) is 65.3 Å². The molecule has 2 aromatic rings. The Kier molecular flexibility index (Phi) is 6.39. The number of hydrogen-bond acceptors (Lipinski definition) is 6. The van der Waals surface area contributed by atoms with Crippen molar-refractivity contribution in [3.8, 4) is 0 Å². The van der Waals surface area contributed by atoms with E-state index in [4.69, 9.17) is 0 Å². The van der Waals surface area contributed by atoms with Gasteiger partial charge in [-0.2, -0.15) is 4.98 Å². The number of β-amino-alcohol motifs (C(OH)–C–C–N with tert-alkyl or cyclic N) is 1. The fourth-order valence-electron chi connectivity index (χ4n) is 4.31. The third-order valence-corrected chi connectivity index (χ3v) is 5.93. The molecule has 1 aromatic carbocycles. The average Bonchev–Trinajstić information content (AvgIpc) is 2.75. The second-order valence-electron chi connectivity index (χ2n) is 7.93. The Morgan fingerprint density at radius 3 is 2.64 bits per heavy atom. The van der Waals surface area contributed by atoms with Crippen LogP contribution in [0.2, 0.25) is 0 Å². The zero-order valence-corrected chi connectivity index (χ0v) is 16.5. The Morgan fingerprint density at radius 2 is 1.86 bits per heavy atom. The highest BCUT2D eigenvalue weighted by Gasteiger charge is 2.21. The summed E-state index contributed by atoms with van der Waals surface area (Å²) in [4.78, 5) is 13.7. The second-order valence-corrected chi connectivity index (χ2v) is 7.93. The minimum atomic E-state index is -0.251. The molecule has 2 saturated heterocycles. The van der Waals surface area contributed by atoms with Crippen LogP contribution in [0, 0.1) is 0 Å². The molecular formula is C22H31N5O. The zero-order chi connectivity index (χ0) is 19.2. The van der Waals surface area contributed by atoms with Crippen LogP contribution < -0.4 is 10.2 Å². The molecule has 2 fully saturated rings. The molecule has 3 heterocycles. The van der Waals surface area contributed by atoms with Crippen molar-refractivity contribution in [1.29, 1.82) is 0 Å². The Bertz CT molecular complexity index is 733. The number of likely N-dealkylation sites (tertiary alicyclic amines) is 1. The lowest BCUT2D eigenvalue weighted by atomic mass is 9.89. The van der Waals surface area contributed by atoms with Crippen LogP contribution in [0.3, 0.4) is 0 Å². The predicted molar refractivity (Wildman–Crippen MR) is 113 cm³/mol. The van der Waals surface area contributed by atoms with Gasteiger partial charge in [-0.25, -0.2) is 4.98 Å². The maximum Gasteiger partial charge on any atom is 0.224 e. The molecule has 28 heavy (non-hydrogen) atoms. The molecule has 0 aliphatic carbocycles. The quantitative estimate of drug-likeness (QED) is 0.802. The van der Waals surface area contributed by atoms with E-state index in [1.165, 1.54) is 18.4 Å². The van der Waals surface area contributed by atoms with Gasteiger partial charge in [-0.05, 0) is 56.3 Å². The topological polar surface area (TPSA) is 64.5 Å². The van der Waals surface area contributed by atoms with Gasteiger partial charge in [-0.15, -0.1) is 0 Å². The lowest BCUT2D eigenvalue weighted by molar-refractivity contribution is 0.154. The van der Waals surface area contributed by atoms with Gasteiger partial charge in [0.1, 0.15) is 5.82 Å². The van der Waals surface area contributed by atoms with Crippen molar-refractivity contribution in [2.75, 3.05) is 49.5 Å². The molecule has 0 amide bonds. The maximum absolute atomic E-state index is 9.88. The second kappa shape index (κ2) is 9.34. The molecule has 2 aliphatic heterocycles. The van der Waals surface area contributed by atoms with E-state index < -0.39 is 0 Å². The first kappa shape index (κ1) is 19.2. The third kappa shape index (κ3) is 5.00. The van der Waals surface area contributed by atoms with Gasteiger partial charge in [-0.1, -0.05) is 30.3 Å². The van der Waals surface area contributed by atoms with Crippen molar-refractivity contribution >= 4 is 11.8 Å². The summed E-state index contributed by atoms with van der Waals surface area (Å²) in [6.45, 7) is 5.76. The largest absolute Gasteiger partial charge is 0.391 e. The molecule has 4 rings (SSSR count). The van der Waals surface area contributed by atoms with Crippen LogP contribution in [0.4, 0.5) is 11.8 Å². The number of piperidine rings is 2. The molecule has 1 aromatic heterocycles. The molecule has 0 saturated carbocycles. The summed E-state index contributed by atoms with van der Waals surface area (Å²) >= 11 is 0. The van der Waals surface area contributed by atoms with Crippen molar-refractivity contribution in [1.82, 2.24) is 14.9 Å². The summed E-state index contributed by atoms with van der Waals surface area (Å²) in [6.07, 6.45) is 5.90. The number of nitrogens with one attached hydrogen (secondary N) is 1. The molecule has 6 heteroatoms. The van der Waals surface area contributed by atoms with Gasteiger partial charge in [0, 0.05) is 32.4 Å². The lowest BCUT2D eigenvalue weighted by Gasteiger charge is -2.32. The summed E-state index contributed by atoms with van der Waals surface area (Å²) in [5.41, 5.74) is 1.48. The summed E-state index contributed by atoms with van der Waals surface area (Å²) in [7, 11) is 0. The van der Waals surface area contributed by atoms with E-state index >= 15 is 0 Å². The van der Waals surface area contributed by atoms with Gasteiger partial charge < -0.3 is 20.2 Å². The number of benzene rings is 1. The normalized spacial score (nSPS) is 21.6. The van der Waals surface area contributed by atoms with Crippen LogP contribution in [0.15, 0.2) is 42.6 Å². The molecular weight excluding hydrogens is 350 g/mol. The molecule has 0 spiro atoms. The van der Waals surface area contributed by atoms with E-state index in [0.29, 0.717) is 18.4 Å². The summed E-state index contributed by atoms with van der Waals surface area (Å²) in [5, 5.41) is 13.3. The van der Waals surface area contributed by atoms with E-state index in [0.717, 1.165) is 51.4 Å². The van der Waals surface area contributed by atoms with Gasteiger partial charge in [0.2, 0.25) is 5.95 Å². The van der Waals surface area contributed by atoms with E-state index in [9.17, 15) is 5.11 Å². The van der Waals surface area contributed by atoms with Gasteiger partial charge >= 0.3 is 0 Å². The fourth-order valence-corrected chi connectivity index (χ4v) is 4.31. The van der Waals surface area contributed by atoms with Gasteiger partial charge in [0.05, 0.1) is 6.10 Å². The highest BCUT2D eigenvalue weighted by atomic mass is 16.3. The molecule has 0 radical (unpaired) electrons. The smallest absolute Gasteiger partial charge is 0.224 e. The zero-order valence-electron chi connectivity index (χ0n) is 16.5. The van der Waals surface area contributed by atoms with Gasteiger partial charge in [0.15, 0.2) is 0 Å². The minimum absolute atomic E-state index is 0.251. The first-order valence-corrected chi connectivity index (χ1v) is 10.5. The van der Waals surface area contributed by atoms with Crippen LogP contribution >= 0.6 is 0 Å². The Morgan fingerprint density at radius 1 is 1.04 bits per heavy atom. The molecule has 6 nitrogen and oxygen atoms in total. The number of aliphatic hydroxyl groups excluding tert-OH is 1. The first-order valence-electron chi connectivity index (χ1n) is 10.5. The number of hydrogen-bond donors (Lipinski definition) is 2. The number of rotatable bonds is 6. The fraction of sp³-hybridized carbons (Fsp3) is 0.545. The number of nitrogens with zero attached hydrogens (tertiary/aromatic N) is 4. The molecule has 2 N–H and O–H groups in total. The minimum Gasteiger partial charge on any atom is -0.391 e. The molecule has 0 bridgehead atoms. The third-order valence-electron chi connectivity index (χ3n) is 5.93. The molecule has 1 atom stereocenters. The van der Waals surface area contributed by atoms with Crippen molar-refractivity contribution in [3.05, 3.63) is 48.2 Å². The van der Waals surface area contributed by atoms with Gasteiger partial charge in [-0.3, -0.25) is 0 Å². The van der Waals surface area contributed by atoms with Crippen LogP contribution in [-0.2, 0) is 0 Å². The molecule has 2 aliphatic rings. The Labute approximate surface area is 167 Å². The first-order chi connectivity index (χ1) is 13.8. The van der Waals surface area contributed by atoms with Crippen molar-refractivity contribution in [3.63, 3.8) is 0 Å². The van der Waals surface area contributed by atoms with E-state index in [1.54, 1.807) is 6.20 Å². The van der Waals surface area contributed by atoms with Crippen LogP contribution in [0.5, 0.6) is 0 Å². The monoisotopic (exact) mass is 381 g/mol. The lowest BCUT2D eigenvalue weighted by Crippen LogP contribution is -2.39. The number of anilines is 2.